The van der Waals surface area contributed by atoms with Crippen LogP contribution in [0, 0.1) is 25.2 Å². The molecule has 1 aliphatic rings. The summed E-state index contributed by atoms with van der Waals surface area (Å²) >= 11 is 0. The number of hydrogen-bond acceptors (Lipinski definition) is 7. The minimum atomic E-state index is -0.411. The van der Waals surface area contributed by atoms with Crippen LogP contribution in [0.5, 0.6) is 0 Å². The number of hydrogen-bond donors (Lipinski definition) is 3. The Morgan fingerprint density at radius 1 is 1.32 bits per heavy atom. The fourth-order valence-corrected chi connectivity index (χ4v) is 4.91. The number of carbonyl (C=O) groups excluding carboxylic acids is 1. The van der Waals surface area contributed by atoms with E-state index in [0.29, 0.717) is 16.8 Å². The molecule has 0 unspecified atom stereocenters. The van der Waals surface area contributed by atoms with Gasteiger partial charge in [-0.25, -0.2) is 5.10 Å². The first-order valence-electron chi connectivity index (χ1n) is 11.3. The number of fused-ring (bicyclic) bond motifs is 2. The maximum Gasteiger partial charge on any atom is 0.292 e. The minimum absolute atomic E-state index is 0.0107. The summed E-state index contributed by atoms with van der Waals surface area (Å²) in [6.07, 6.45) is 2.80. The number of furan rings is 1. The van der Waals surface area contributed by atoms with E-state index in [-0.39, 0.29) is 35.7 Å². The molecule has 0 radical (unpaired) electrons. The van der Waals surface area contributed by atoms with Crippen molar-refractivity contribution in [2.75, 3.05) is 5.73 Å². The van der Waals surface area contributed by atoms with Gasteiger partial charge in [0, 0.05) is 17.0 Å². The van der Waals surface area contributed by atoms with E-state index >= 15 is 0 Å². The number of nitrogens with two attached hydrogens (primary N) is 1. The summed E-state index contributed by atoms with van der Waals surface area (Å²) < 4.78 is 8.14. The molecular formula is C24H25N7O3. The Labute approximate surface area is 194 Å². The Morgan fingerprint density at radius 2 is 2.09 bits per heavy atom. The molecule has 1 saturated carbocycles. The van der Waals surface area contributed by atoms with Crippen LogP contribution < -0.4 is 16.6 Å². The number of rotatable bonds is 4. The van der Waals surface area contributed by atoms with E-state index in [1.165, 1.54) is 0 Å². The van der Waals surface area contributed by atoms with Crippen molar-refractivity contribution in [1.82, 2.24) is 25.3 Å². The van der Waals surface area contributed by atoms with E-state index < -0.39 is 5.56 Å². The van der Waals surface area contributed by atoms with Crippen LogP contribution >= 0.6 is 0 Å². The van der Waals surface area contributed by atoms with Crippen LogP contribution in [0.3, 0.4) is 0 Å². The summed E-state index contributed by atoms with van der Waals surface area (Å²) in [5.41, 5.74) is 9.51. The number of aryl methyl sites for hydroxylation is 2. The van der Waals surface area contributed by atoms with E-state index in [9.17, 15) is 9.59 Å². The molecule has 1 amide bonds. The van der Waals surface area contributed by atoms with Gasteiger partial charge in [-0.15, -0.1) is 0 Å². The average molecular weight is 460 g/mol. The van der Waals surface area contributed by atoms with Gasteiger partial charge in [0.1, 0.15) is 17.7 Å². The van der Waals surface area contributed by atoms with Gasteiger partial charge in [-0.2, -0.15) is 15.5 Å². The van der Waals surface area contributed by atoms with Crippen LogP contribution in [0.4, 0.5) is 5.82 Å². The molecule has 10 heteroatoms. The first-order valence-corrected chi connectivity index (χ1v) is 11.3. The fourth-order valence-electron chi connectivity index (χ4n) is 4.91. The fraction of sp³-hybridized carbons (Fsp3) is 0.375. The lowest BCUT2D eigenvalue weighted by Crippen LogP contribution is -2.37. The molecule has 3 aromatic heterocycles. The smallest absolute Gasteiger partial charge is 0.292 e. The normalized spacial score (nSPS) is 18.3. The summed E-state index contributed by atoms with van der Waals surface area (Å²) in [4.78, 5) is 24.4. The first-order chi connectivity index (χ1) is 16.4. The Balaban J connectivity index is 1.60. The van der Waals surface area contributed by atoms with Crippen molar-refractivity contribution in [1.29, 1.82) is 5.26 Å². The summed E-state index contributed by atoms with van der Waals surface area (Å²) in [5.74, 6) is 0.547. The molecule has 0 spiro atoms. The monoisotopic (exact) mass is 459 g/mol. The number of nitrogens with zero attached hydrogens (tertiary/aromatic N) is 4. The van der Waals surface area contributed by atoms with Crippen molar-refractivity contribution >= 4 is 33.6 Å². The van der Waals surface area contributed by atoms with Crippen molar-refractivity contribution in [3.63, 3.8) is 0 Å². The summed E-state index contributed by atoms with van der Waals surface area (Å²) in [6.45, 7) is 4.02. The molecule has 0 atom stereocenters. The van der Waals surface area contributed by atoms with Crippen molar-refractivity contribution in [3.8, 4) is 17.5 Å². The highest BCUT2D eigenvalue weighted by atomic mass is 16.3. The number of aromatic nitrogens is 4. The number of benzene rings is 1. The van der Waals surface area contributed by atoms with Crippen molar-refractivity contribution in [2.24, 2.45) is 0 Å². The molecule has 10 nitrogen and oxygen atoms in total. The van der Waals surface area contributed by atoms with Crippen molar-refractivity contribution in [3.05, 3.63) is 39.7 Å². The van der Waals surface area contributed by atoms with Gasteiger partial charge in [0.15, 0.2) is 17.1 Å². The zero-order valence-electron chi connectivity index (χ0n) is 19.0. The molecule has 174 valence electrons. The predicted octanol–water partition coefficient (Wildman–Crippen LogP) is 3.25. The molecule has 0 bridgehead atoms. The number of nitrogen functional groups attached to an aromatic ring is 1. The van der Waals surface area contributed by atoms with Gasteiger partial charge < -0.3 is 15.5 Å². The van der Waals surface area contributed by atoms with E-state index in [1.54, 1.807) is 0 Å². The summed E-state index contributed by atoms with van der Waals surface area (Å²) in [6, 6.07) is 7.88. The van der Waals surface area contributed by atoms with Crippen LogP contribution in [-0.4, -0.2) is 31.9 Å². The molecule has 0 saturated heterocycles. The zero-order valence-corrected chi connectivity index (χ0v) is 19.0. The Morgan fingerprint density at radius 3 is 2.82 bits per heavy atom. The van der Waals surface area contributed by atoms with Crippen molar-refractivity contribution < 1.29 is 9.21 Å². The minimum Gasteiger partial charge on any atom is -0.454 e. The predicted molar refractivity (Wildman–Crippen MR) is 127 cm³/mol. The van der Waals surface area contributed by atoms with Gasteiger partial charge >= 0.3 is 0 Å². The van der Waals surface area contributed by atoms with Crippen LogP contribution in [0.1, 0.15) is 49.3 Å². The third-order valence-corrected chi connectivity index (χ3v) is 6.61. The Kier molecular flexibility index (Phi) is 5.32. The van der Waals surface area contributed by atoms with Gasteiger partial charge in [-0.1, -0.05) is 11.6 Å². The molecule has 3 heterocycles. The number of nitrogens with one attached hydrogen (secondary N) is 2. The second kappa shape index (κ2) is 8.33. The lowest BCUT2D eigenvalue weighted by atomic mass is 9.91. The third kappa shape index (κ3) is 3.59. The molecule has 1 aliphatic carbocycles. The molecule has 1 aromatic carbocycles. The molecule has 4 N–H and O–H groups in total. The Bertz CT molecular complexity index is 1510. The van der Waals surface area contributed by atoms with Gasteiger partial charge in [-0.05, 0) is 51.7 Å². The van der Waals surface area contributed by atoms with Gasteiger partial charge in [0.05, 0.1) is 17.5 Å². The van der Waals surface area contributed by atoms with E-state index in [0.717, 1.165) is 47.8 Å². The third-order valence-electron chi connectivity index (χ3n) is 6.61. The van der Waals surface area contributed by atoms with Crippen LogP contribution in [0.15, 0.2) is 27.4 Å². The number of aromatic amines is 1. The molecule has 0 aliphatic heterocycles. The number of carbonyl (C=O) groups is 1. The van der Waals surface area contributed by atoms with Crippen LogP contribution in [0.2, 0.25) is 0 Å². The second-order valence-corrected chi connectivity index (χ2v) is 8.92. The number of nitriles is 1. The van der Waals surface area contributed by atoms with E-state index in [4.69, 9.17) is 15.4 Å². The zero-order chi connectivity index (χ0) is 24.0. The Hall–Kier alpha value is -4.13. The van der Waals surface area contributed by atoms with Gasteiger partial charge in [0.25, 0.3) is 5.56 Å². The highest BCUT2D eigenvalue weighted by Crippen LogP contribution is 2.41. The first kappa shape index (κ1) is 21.7. The molecule has 34 heavy (non-hydrogen) atoms. The number of H-pyrrole nitrogens is 1. The average Bonchev–Trinajstić information content (AvgIpc) is 3.36. The lowest BCUT2D eigenvalue weighted by molar-refractivity contribution is -0.121. The number of amides is 1. The summed E-state index contributed by atoms with van der Waals surface area (Å²) in [5, 5.41) is 24.2. The summed E-state index contributed by atoms with van der Waals surface area (Å²) in [7, 11) is 0. The second-order valence-electron chi connectivity index (χ2n) is 8.92. The SMILES string of the molecule is Cc1ccc2oc(-c3c4c(N)n[nH]c(=O)c4nn3C3CCC(NC(=O)CC#N)CC3)c(C)c2c1. The highest BCUT2D eigenvalue weighted by Gasteiger charge is 2.31. The largest absolute Gasteiger partial charge is 0.454 e. The molecular weight excluding hydrogens is 434 g/mol. The van der Waals surface area contributed by atoms with Gasteiger partial charge in [0.2, 0.25) is 5.91 Å². The highest BCUT2D eigenvalue weighted by molar-refractivity contribution is 6.01. The molecule has 4 aromatic rings. The van der Waals surface area contributed by atoms with E-state index in [2.05, 4.69) is 26.7 Å². The lowest BCUT2D eigenvalue weighted by Gasteiger charge is -2.30. The van der Waals surface area contributed by atoms with Crippen molar-refractivity contribution in [2.45, 2.75) is 58.0 Å². The topological polar surface area (TPSA) is 156 Å². The maximum absolute atomic E-state index is 12.6. The van der Waals surface area contributed by atoms with E-state index in [1.807, 2.05) is 36.7 Å². The number of anilines is 1. The van der Waals surface area contributed by atoms with Crippen LogP contribution in [0.25, 0.3) is 33.3 Å². The van der Waals surface area contributed by atoms with Gasteiger partial charge in [-0.3, -0.25) is 14.3 Å². The molecule has 1 fully saturated rings. The van der Waals surface area contributed by atoms with Crippen LogP contribution in [-0.2, 0) is 4.79 Å². The quantitative estimate of drug-likeness (QED) is 0.423. The molecule has 5 rings (SSSR count). The maximum atomic E-state index is 12.6. The standard InChI is InChI=1S/C24H25N7O3/c1-12-3-8-17-16(11-12)13(2)22(34-17)21-19-20(24(33)29-28-23(19)26)30-31(21)15-6-4-14(5-7-15)27-18(32)9-10-25/h3,8,11,14-15H,4-7,9H2,1-2H3,(H2,26,28)(H,27,32)(H,29,33).